The zero-order valence-corrected chi connectivity index (χ0v) is 18.7. The van der Waals surface area contributed by atoms with E-state index in [1.54, 1.807) is 30.3 Å². The molecule has 0 saturated carbocycles. The van der Waals surface area contributed by atoms with E-state index in [0.717, 1.165) is 17.4 Å². The number of rotatable bonds is 5. The maximum absolute atomic E-state index is 14.6. The van der Waals surface area contributed by atoms with Gasteiger partial charge in [-0.1, -0.05) is 52.7 Å². The first-order valence-electron chi connectivity index (χ1n) is 9.26. The lowest BCUT2D eigenvalue weighted by Gasteiger charge is -2.18. The number of carbonyl (C=O) groups excluding carboxylic acids is 1. The fourth-order valence-corrected chi connectivity index (χ4v) is 4.28. The fourth-order valence-electron chi connectivity index (χ4n) is 2.95. The topological polar surface area (TPSA) is 60.5 Å². The number of halogens is 4. The number of aromatic nitrogens is 1. The van der Waals surface area contributed by atoms with Crippen molar-refractivity contribution in [3.8, 4) is 11.5 Å². The number of amides is 1. The van der Waals surface area contributed by atoms with Crippen molar-refractivity contribution >= 4 is 56.0 Å². The highest BCUT2D eigenvalue weighted by molar-refractivity contribution is 7.22. The Morgan fingerprint density at radius 1 is 1.09 bits per heavy atom. The summed E-state index contributed by atoms with van der Waals surface area (Å²) in [5, 5.41) is 2.89. The third kappa shape index (κ3) is 4.77. The molecule has 0 aliphatic heterocycles. The molecule has 32 heavy (non-hydrogen) atoms. The van der Waals surface area contributed by atoms with Gasteiger partial charge in [0.25, 0.3) is 0 Å². The molecule has 164 valence electrons. The quantitative estimate of drug-likeness (QED) is 0.289. The summed E-state index contributed by atoms with van der Waals surface area (Å²) < 4.78 is 40.2. The molecule has 4 aromatic rings. The first-order valence-corrected chi connectivity index (χ1v) is 10.8. The highest BCUT2D eigenvalue weighted by atomic mass is 35.5. The van der Waals surface area contributed by atoms with Crippen molar-refractivity contribution in [3.63, 3.8) is 0 Å². The summed E-state index contributed by atoms with van der Waals surface area (Å²) >= 11 is 13.2. The van der Waals surface area contributed by atoms with E-state index in [1.165, 1.54) is 25.1 Å². The molecule has 5 nitrogen and oxygen atoms in total. The first-order chi connectivity index (χ1) is 15.3. The number of nitrogens with one attached hydrogen (secondary N) is 1. The smallest absolute Gasteiger partial charge is 0.418 e. The molecule has 0 radical (unpaired) electrons. The number of ether oxygens (including phenoxy) is 2. The van der Waals surface area contributed by atoms with Crippen molar-refractivity contribution < 1.29 is 23.0 Å². The molecule has 1 unspecified atom stereocenters. The summed E-state index contributed by atoms with van der Waals surface area (Å²) in [7, 11) is 0. The molecule has 0 aliphatic rings. The Morgan fingerprint density at radius 3 is 2.59 bits per heavy atom. The van der Waals surface area contributed by atoms with Crippen LogP contribution in [0.5, 0.6) is 11.5 Å². The Balaban J connectivity index is 1.54. The molecule has 1 N–H and O–H groups in total. The Bertz CT molecular complexity index is 1300. The fraction of sp³-hybridized carbons (Fsp3) is 0.0909. The Labute approximate surface area is 195 Å². The van der Waals surface area contributed by atoms with Gasteiger partial charge in [0.15, 0.2) is 16.7 Å². The summed E-state index contributed by atoms with van der Waals surface area (Å²) in [6.45, 7) is 1.53. The lowest BCUT2D eigenvalue weighted by molar-refractivity contribution is 0.212. The van der Waals surface area contributed by atoms with Crippen LogP contribution >= 0.6 is 34.5 Å². The number of para-hydroxylation sites is 1. The first kappa shape index (κ1) is 22.3. The minimum Gasteiger partial charge on any atom is -0.483 e. The number of carbonyl (C=O) groups is 1. The van der Waals surface area contributed by atoms with Gasteiger partial charge in [0, 0.05) is 17.7 Å². The van der Waals surface area contributed by atoms with Gasteiger partial charge < -0.3 is 9.47 Å². The van der Waals surface area contributed by atoms with Crippen LogP contribution in [0.2, 0.25) is 10.0 Å². The second-order valence-corrected chi connectivity index (χ2v) is 8.43. The van der Waals surface area contributed by atoms with Crippen molar-refractivity contribution in [2.45, 2.75) is 13.0 Å². The van der Waals surface area contributed by atoms with Crippen LogP contribution in [0.25, 0.3) is 10.2 Å². The highest BCUT2D eigenvalue weighted by Crippen LogP contribution is 2.37. The molecule has 0 aliphatic carbocycles. The number of nitrogens with zero attached hydrogens (tertiary/aromatic N) is 1. The largest absolute Gasteiger partial charge is 0.483 e. The van der Waals surface area contributed by atoms with Crippen LogP contribution in [0.4, 0.5) is 18.7 Å². The molecule has 10 heteroatoms. The van der Waals surface area contributed by atoms with Gasteiger partial charge in [-0.25, -0.2) is 18.6 Å². The molecule has 1 aromatic heterocycles. The SMILES string of the molecule is CC(Oc1cc2sc(NC(=O)Oc3ccccc3)nc2cc1F)c1c(F)ccc(Cl)c1Cl. The minimum absolute atomic E-state index is 0.00172. The number of hydrogen-bond acceptors (Lipinski definition) is 5. The lowest BCUT2D eigenvalue weighted by Crippen LogP contribution is -2.16. The second kappa shape index (κ2) is 9.28. The van der Waals surface area contributed by atoms with Crippen molar-refractivity contribution in [1.29, 1.82) is 0 Å². The Kier molecular flexibility index (Phi) is 6.45. The van der Waals surface area contributed by atoms with Crippen LogP contribution in [0.15, 0.2) is 54.6 Å². The van der Waals surface area contributed by atoms with E-state index in [2.05, 4.69) is 10.3 Å². The van der Waals surface area contributed by atoms with Gasteiger partial charge in [0.1, 0.15) is 17.7 Å². The van der Waals surface area contributed by atoms with Crippen LogP contribution in [0, 0.1) is 11.6 Å². The molecule has 3 aromatic carbocycles. The van der Waals surface area contributed by atoms with Gasteiger partial charge >= 0.3 is 6.09 Å². The third-order valence-electron chi connectivity index (χ3n) is 4.39. The standard InChI is InChI=1S/C22H14Cl2F2N2O3S/c1-11(19-14(25)8-7-13(23)20(19)24)30-17-10-18-16(9-15(17)26)27-21(32-18)28-22(29)31-12-5-3-2-4-6-12/h2-11H,1H3,(H,27,28,29). The number of hydrogen-bond donors (Lipinski definition) is 1. The third-order valence-corrected chi connectivity index (χ3v) is 6.15. The molecule has 4 rings (SSSR count). The predicted octanol–water partition coefficient (Wildman–Crippen LogP) is 7.63. The Hall–Kier alpha value is -2.94. The summed E-state index contributed by atoms with van der Waals surface area (Å²) in [5.41, 5.74) is 0.337. The Morgan fingerprint density at radius 2 is 1.84 bits per heavy atom. The van der Waals surface area contributed by atoms with Crippen LogP contribution in [0.1, 0.15) is 18.6 Å². The minimum atomic E-state index is -0.917. The van der Waals surface area contributed by atoms with Gasteiger partial charge in [-0.15, -0.1) is 0 Å². The molecule has 0 saturated heterocycles. The van der Waals surface area contributed by atoms with E-state index in [4.69, 9.17) is 32.7 Å². The van der Waals surface area contributed by atoms with Gasteiger partial charge in [-0.2, -0.15) is 0 Å². The molecular weight excluding hydrogens is 481 g/mol. The average Bonchev–Trinajstić information content (AvgIpc) is 3.12. The molecule has 0 bridgehead atoms. The van der Waals surface area contributed by atoms with Crippen molar-refractivity contribution in [3.05, 3.63) is 81.8 Å². The van der Waals surface area contributed by atoms with Crippen LogP contribution in [-0.4, -0.2) is 11.1 Å². The number of thiazole rings is 1. The zero-order chi connectivity index (χ0) is 22.8. The number of fused-ring (bicyclic) bond motifs is 1. The van der Waals surface area contributed by atoms with Crippen LogP contribution in [0.3, 0.4) is 0 Å². The average molecular weight is 495 g/mol. The van der Waals surface area contributed by atoms with Gasteiger partial charge in [-0.3, -0.25) is 5.32 Å². The summed E-state index contributed by atoms with van der Waals surface area (Å²) in [4.78, 5) is 16.2. The van der Waals surface area contributed by atoms with E-state index in [0.29, 0.717) is 16.0 Å². The molecular formula is C22H14Cl2F2N2O3S. The van der Waals surface area contributed by atoms with E-state index >= 15 is 0 Å². The van der Waals surface area contributed by atoms with Gasteiger partial charge in [-0.05, 0) is 31.2 Å². The van der Waals surface area contributed by atoms with E-state index in [1.807, 2.05) is 0 Å². The molecule has 1 amide bonds. The summed E-state index contributed by atoms with van der Waals surface area (Å²) in [6.07, 6.45) is -1.65. The second-order valence-electron chi connectivity index (χ2n) is 6.61. The molecule has 0 spiro atoms. The normalized spacial score (nSPS) is 11.9. The van der Waals surface area contributed by atoms with Crippen molar-refractivity contribution in [2.75, 3.05) is 5.32 Å². The van der Waals surface area contributed by atoms with Gasteiger partial charge in [0.2, 0.25) is 0 Å². The van der Waals surface area contributed by atoms with E-state index in [-0.39, 0.29) is 26.5 Å². The van der Waals surface area contributed by atoms with Crippen molar-refractivity contribution in [2.24, 2.45) is 0 Å². The predicted molar refractivity (Wildman–Crippen MR) is 121 cm³/mol. The monoisotopic (exact) mass is 494 g/mol. The number of benzene rings is 3. The maximum Gasteiger partial charge on any atom is 0.418 e. The van der Waals surface area contributed by atoms with Gasteiger partial charge in [0.05, 0.1) is 20.3 Å². The summed E-state index contributed by atoms with van der Waals surface area (Å²) in [6, 6.07) is 13.6. The van der Waals surface area contributed by atoms with E-state index in [9.17, 15) is 13.6 Å². The van der Waals surface area contributed by atoms with E-state index < -0.39 is 23.8 Å². The summed E-state index contributed by atoms with van der Waals surface area (Å²) in [5.74, 6) is -1.07. The number of anilines is 1. The lowest BCUT2D eigenvalue weighted by atomic mass is 10.1. The maximum atomic E-state index is 14.6. The highest BCUT2D eigenvalue weighted by Gasteiger charge is 2.21. The van der Waals surface area contributed by atoms with Crippen LogP contribution < -0.4 is 14.8 Å². The molecule has 1 heterocycles. The molecule has 0 fully saturated rings. The zero-order valence-electron chi connectivity index (χ0n) is 16.4. The van der Waals surface area contributed by atoms with Crippen LogP contribution in [-0.2, 0) is 0 Å². The van der Waals surface area contributed by atoms with Crippen molar-refractivity contribution in [1.82, 2.24) is 4.98 Å². The molecule has 1 atom stereocenters.